The van der Waals surface area contributed by atoms with Crippen LogP contribution in [-0.2, 0) is 0 Å². The summed E-state index contributed by atoms with van der Waals surface area (Å²) in [5, 5.41) is 8.19. The van der Waals surface area contributed by atoms with E-state index in [1.807, 2.05) is 42.9 Å². The van der Waals surface area contributed by atoms with Gasteiger partial charge in [-0.15, -0.1) is 0 Å². The third kappa shape index (κ3) is 4.48. The van der Waals surface area contributed by atoms with Crippen LogP contribution in [0, 0.1) is 0 Å². The summed E-state index contributed by atoms with van der Waals surface area (Å²) in [5.74, 6) is 0.859. The van der Waals surface area contributed by atoms with Crippen molar-refractivity contribution >= 4 is 54.3 Å². The Morgan fingerprint density at radius 1 is 0.429 bits per heavy atom. The van der Waals surface area contributed by atoms with Crippen LogP contribution in [-0.4, -0.2) is 24.5 Å². The minimum atomic E-state index is 0.859. The highest BCUT2D eigenvalue weighted by molar-refractivity contribution is 6.21. The van der Waals surface area contributed by atoms with Gasteiger partial charge >= 0.3 is 0 Å². The van der Waals surface area contributed by atoms with Crippen LogP contribution < -0.4 is 0 Å². The molecule has 5 nitrogen and oxygen atoms in total. The van der Waals surface area contributed by atoms with Crippen molar-refractivity contribution in [3.8, 4) is 39.6 Å². The van der Waals surface area contributed by atoms with E-state index >= 15 is 0 Å². The van der Waals surface area contributed by atoms with E-state index in [2.05, 4.69) is 126 Å². The van der Waals surface area contributed by atoms with Crippen LogP contribution >= 0.6 is 0 Å². The smallest absolute Gasteiger partial charge is 0.137 e. The van der Waals surface area contributed by atoms with Gasteiger partial charge < -0.3 is 0 Å². The highest BCUT2D eigenvalue weighted by Crippen LogP contribution is 2.39. The first-order chi connectivity index (χ1) is 24.3. The summed E-state index contributed by atoms with van der Waals surface area (Å²) in [6.45, 7) is 0. The lowest BCUT2D eigenvalue weighted by Gasteiger charge is -2.10. The van der Waals surface area contributed by atoms with E-state index in [0.29, 0.717) is 0 Å². The van der Waals surface area contributed by atoms with Gasteiger partial charge in [0.2, 0.25) is 0 Å². The highest BCUT2D eigenvalue weighted by Gasteiger charge is 2.17. The molecule has 0 N–H and O–H groups in total. The minimum absolute atomic E-state index is 0.859. The van der Waals surface area contributed by atoms with E-state index in [4.69, 9.17) is 19.9 Å². The molecule has 0 unspecified atom stereocenters. The molecular weight excluding hydrogens is 599 g/mol. The molecule has 0 saturated carbocycles. The van der Waals surface area contributed by atoms with Gasteiger partial charge in [0.1, 0.15) is 5.82 Å². The van der Waals surface area contributed by atoms with Gasteiger partial charge in [0.25, 0.3) is 0 Å². The largest absolute Gasteiger partial charge is 0.294 e. The topological polar surface area (TPSA) is 56.5 Å². The molecule has 0 atom stereocenters. The van der Waals surface area contributed by atoms with Crippen LogP contribution in [0.2, 0.25) is 0 Å². The van der Waals surface area contributed by atoms with Gasteiger partial charge in [-0.2, -0.15) is 0 Å². The second-order valence-corrected chi connectivity index (χ2v) is 12.4. The van der Waals surface area contributed by atoms with E-state index in [1.165, 1.54) is 16.2 Å². The van der Waals surface area contributed by atoms with E-state index in [9.17, 15) is 0 Å². The Morgan fingerprint density at radius 2 is 1.12 bits per heavy atom. The maximum Gasteiger partial charge on any atom is 0.137 e. The molecule has 5 aromatic heterocycles. The number of nitrogens with zero attached hydrogens (tertiary/aromatic N) is 5. The molecule has 10 aromatic rings. The monoisotopic (exact) mass is 625 g/mol. The van der Waals surface area contributed by atoms with Gasteiger partial charge in [0, 0.05) is 56.8 Å². The number of rotatable bonds is 4. The number of fused-ring (bicyclic) bond motifs is 7. The third-order valence-electron chi connectivity index (χ3n) is 9.53. The lowest BCUT2D eigenvalue weighted by molar-refractivity contribution is 1.08. The Hall–Kier alpha value is -6.72. The van der Waals surface area contributed by atoms with E-state index in [0.717, 1.165) is 77.7 Å². The summed E-state index contributed by atoms with van der Waals surface area (Å²) in [4.78, 5) is 19.5. The number of benzene rings is 5. The van der Waals surface area contributed by atoms with Crippen LogP contribution in [0.1, 0.15) is 0 Å². The van der Waals surface area contributed by atoms with Crippen molar-refractivity contribution in [1.29, 1.82) is 0 Å². The van der Waals surface area contributed by atoms with Gasteiger partial charge in [-0.25, -0.2) is 9.97 Å². The molecule has 0 aliphatic rings. The second kappa shape index (κ2) is 10.9. The SMILES string of the molecule is c1ccc2nc(-c3ccc(-c4ccc5c(c4)c4c6ccccc6ccc4n5-c4ccc(-c5nccc6ccccc56)cn4)nc3)ccc2c1. The zero-order chi connectivity index (χ0) is 32.3. The molecule has 0 amide bonds. The van der Waals surface area contributed by atoms with Gasteiger partial charge in [-0.1, -0.05) is 84.9 Å². The Kier molecular flexibility index (Phi) is 6.11. The number of hydrogen-bond donors (Lipinski definition) is 0. The maximum absolute atomic E-state index is 5.03. The quantitative estimate of drug-likeness (QED) is 0.195. The maximum atomic E-state index is 5.03. The van der Waals surface area contributed by atoms with Crippen LogP contribution in [0.4, 0.5) is 0 Å². The number of para-hydroxylation sites is 1. The summed E-state index contributed by atoms with van der Waals surface area (Å²) in [6.07, 6.45) is 5.72. The number of pyridine rings is 4. The van der Waals surface area contributed by atoms with Crippen molar-refractivity contribution in [2.24, 2.45) is 0 Å². The van der Waals surface area contributed by atoms with Crippen LogP contribution in [0.25, 0.3) is 93.8 Å². The van der Waals surface area contributed by atoms with Crippen molar-refractivity contribution in [2.45, 2.75) is 0 Å². The van der Waals surface area contributed by atoms with Gasteiger partial charge in [0.15, 0.2) is 0 Å². The number of hydrogen-bond acceptors (Lipinski definition) is 4. The van der Waals surface area contributed by atoms with Crippen LogP contribution in [0.15, 0.2) is 164 Å². The molecule has 0 aliphatic carbocycles. The van der Waals surface area contributed by atoms with E-state index in [1.54, 1.807) is 0 Å². The summed E-state index contributed by atoms with van der Waals surface area (Å²) in [5.41, 5.74) is 8.99. The van der Waals surface area contributed by atoms with Crippen molar-refractivity contribution in [3.63, 3.8) is 0 Å². The molecule has 0 spiro atoms. The zero-order valence-electron chi connectivity index (χ0n) is 26.3. The standard InChI is InChI=1S/C44H27N5/c1-4-10-34-28(7-1)15-21-41-43(34)36-25-31(37-18-14-32(26-46-37)39-19-13-30-9-3-6-12-38(30)48-39)16-20-40(36)49(41)42-22-17-33(27-47-42)44-35-11-5-2-8-29(35)23-24-45-44/h1-27H. The first-order valence-electron chi connectivity index (χ1n) is 16.4. The molecule has 5 aromatic carbocycles. The molecule has 0 aliphatic heterocycles. The molecule has 5 heterocycles. The summed E-state index contributed by atoms with van der Waals surface area (Å²) < 4.78 is 2.27. The lowest BCUT2D eigenvalue weighted by Crippen LogP contribution is -1.98. The van der Waals surface area contributed by atoms with Crippen LogP contribution in [0.3, 0.4) is 0 Å². The predicted octanol–water partition coefficient (Wildman–Crippen LogP) is 10.8. The summed E-state index contributed by atoms with van der Waals surface area (Å²) >= 11 is 0. The molecule has 0 saturated heterocycles. The molecule has 10 rings (SSSR count). The molecule has 0 radical (unpaired) electrons. The fourth-order valence-electron chi connectivity index (χ4n) is 7.15. The van der Waals surface area contributed by atoms with Gasteiger partial charge in [-0.05, 0) is 76.8 Å². The minimum Gasteiger partial charge on any atom is -0.294 e. The summed E-state index contributed by atoms with van der Waals surface area (Å²) in [6, 6.07) is 50.8. The van der Waals surface area contributed by atoms with Gasteiger partial charge in [-0.3, -0.25) is 14.5 Å². The number of aromatic nitrogens is 5. The molecule has 5 heteroatoms. The third-order valence-corrected chi connectivity index (χ3v) is 9.53. The Bertz CT molecular complexity index is 2860. The predicted molar refractivity (Wildman–Crippen MR) is 201 cm³/mol. The zero-order valence-corrected chi connectivity index (χ0v) is 26.3. The normalized spacial score (nSPS) is 11.7. The molecule has 0 bridgehead atoms. The second-order valence-electron chi connectivity index (χ2n) is 12.4. The molecule has 0 fully saturated rings. The fraction of sp³-hybridized carbons (Fsp3) is 0. The average Bonchev–Trinajstić information content (AvgIpc) is 3.52. The Morgan fingerprint density at radius 3 is 1.96 bits per heavy atom. The first kappa shape index (κ1) is 27.4. The van der Waals surface area contributed by atoms with Gasteiger partial charge in [0.05, 0.1) is 33.6 Å². The first-order valence-corrected chi connectivity index (χ1v) is 16.4. The molecule has 228 valence electrons. The average molecular weight is 626 g/mol. The lowest BCUT2D eigenvalue weighted by atomic mass is 10.0. The molecular formula is C44H27N5. The van der Waals surface area contributed by atoms with Crippen molar-refractivity contribution in [2.75, 3.05) is 0 Å². The van der Waals surface area contributed by atoms with Crippen molar-refractivity contribution < 1.29 is 0 Å². The van der Waals surface area contributed by atoms with Crippen molar-refractivity contribution in [1.82, 2.24) is 24.5 Å². The van der Waals surface area contributed by atoms with Crippen molar-refractivity contribution in [3.05, 3.63) is 164 Å². The fourth-order valence-corrected chi connectivity index (χ4v) is 7.15. The van der Waals surface area contributed by atoms with E-state index < -0.39 is 0 Å². The highest BCUT2D eigenvalue weighted by atomic mass is 15.1. The Labute approximate surface area is 281 Å². The Balaban J connectivity index is 1.10. The van der Waals surface area contributed by atoms with E-state index in [-0.39, 0.29) is 0 Å². The summed E-state index contributed by atoms with van der Waals surface area (Å²) in [7, 11) is 0. The van der Waals surface area contributed by atoms with Crippen LogP contribution in [0.5, 0.6) is 0 Å². The molecule has 49 heavy (non-hydrogen) atoms.